The van der Waals surface area contributed by atoms with Gasteiger partial charge < -0.3 is 10.6 Å². The highest BCUT2D eigenvalue weighted by atomic mass is 32.1. The van der Waals surface area contributed by atoms with Crippen molar-refractivity contribution in [1.82, 2.24) is 10.6 Å². The van der Waals surface area contributed by atoms with E-state index < -0.39 is 12.3 Å². The highest BCUT2D eigenvalue weighted by molar-refractivity contribution is 7.10. The Morgan fingerprint density at radius 1 is 1.45 bits per heavy atom. The summed E-state index contributed by atoms with van der Waals surface area (Å²) in [6, 6.07) is 0.914. The van der Waals surface area contributed by atoms with Crippen LogP contribution in [0.3, 0.4) is 0 Å². The minimum absolute atomic E-state index is 0.0181. The summed E-state index contributed by atoms with van der Waals surface area (Å²) in [5.41, 5.74) is -0.224. The van der Waals surface area contributed by atoms with Gasteiger partial charge in [0.15, 0.2) is 0 Å². The van der Waals surface area contributed by atoms with Gasteiger partial charge in [0.2, 0.25) is 5.91 Å². The lowest BCUT2D eigenvalue weighted by molar-refractivity contribution is -0.125. The van der Waals surface area contributed by atoms with Crippen molar-refractivity contribution < 1.29 is 18.4 Å². The molecule has 2 rings (SSSR count). The first-order valence-corrected chi connectivity index (χ1v) is 8.04. The average molecular weight is 330 g/mol. The Labute approximate surface area is 132 Å². The fourth-order valence-electron chi connectivity index (χ4n) is 2.70. The Morgan fingerprint density at radius 2 is 2.14 bits per heavy atom. The van der Waals surface area contributed by atoms with Gasteiger partial charge in [0.25, 0.3) is 12.3 Å². The first-order chi connectivity index (χ1) is 10.2. The second kappa shape index (κ2) is 6.32. The van der Waals surface area contributed by atoms with E-state index in [0.29, 0.717) is 12.8 Å². The van der Waals surface area contributed by atoms with Crippen molar-refractivity contribution >= 4 is 23.2 Å². The molecule has 2 heterocycles. The summed E-state index contributed by atoms with van der Waals surface area (Å²) in [6.07, 6.45) is -1.83. The third kappa shape index (κ3) is 3.63. The van der Waals surface area contributed by atoms with Gasteiger partial charge in [-0.1, -0.05) is 20.8 Å². The van der Waals surface area contributed by atoms with Crippen LogP contribution in [0.1, 0.15) is 55.3 Å². The van der Waals surface area contributed by atoms with Gasteiger partial charge in [-0.05, 0) is 23.3 Å². The van der Waals surface area contributed by atoms with Crippen molar-refractivity contribution in [2.45, 2.75) is 52.1 Å². The molecule has 0 spiro atoms. The van der Waals surface area contributed by atoms with Crippen molar-refractivity contribution in [2.75, 3.05) is 0 Å². The van der Waals surface area contributed by atoms with E-state index >= 15 is 0 Å². The van der Waals surface area contributed by atoms with E-state index in [4.69, 9.17) is 0 Å². The van der Waals surface area contributed by atoms with E-state index in [0.717, 1.165) is 11.3 Å². The Balaban J connectivity index is 2.15. The minimum atomic E-state index is -2.66. The van der Waals surface area contributed by atoms with Crippen LogP contribution < -0.4 is 10.6 Å². The van der Waals surface area contributed by atoms with E-state index in [1.807, 2.05) is 20.8 Å². The summed E-state index contributed by atoms with van der Waals surface area (Å²) < 4.78 is 25.8. The zero-order valence-corrected chi connectivity index (χ0v) is 13.6. The minimum Gasteiger partial charge on any atom is -0.351 e. The van der Waals surface area contributed by atoms with E-state index in [1.165, 1.54) is 11.4 Å². The van der Waals surface area contributed by atoms with Crippen LogP contribution in [0.25, 0.3) is 0 Å². The number of hydrogen-bond donors (Lipinski definition) is 2. The van der Waals surface area contributed by atoms with Gasteiger partial charge in [-0.25, -0.2) is 8.78 Å². The van der Waals surface area contributed by atoms with Crippen LogP contribution >= 0.6 is 11.3 Å². The number of hydrogen-bond acceptors (Lipinski definition) is 3. The highest BCUT2D eigenvalue weighted by Gasteiger charge is 2.38. The van der Waals surface area contributed by atoms with E-state index in [-0.39, 0.29) is 33.8 Å². The maximum absolute atomic E-state index is 12.9. The number of nitrogens with one attached hydrogen (secondary N) is 2. The summed E-state index contributed by atoms with van der Waals surface area (Å²) in [4.78, 5) is 23.7. The van der Waals surface area contributed by atoms with Crippen molar-refractivity contribution in [2.24, 2.45) is 5.41 Å². The molecule has 2 atom stereocenters. The van der Waals surface area contributed by atoms with Crippen LogP contribution in [0.2, 0.25) is 0 Å². The number of piperidine rings is 1. The zero-order chi connectivity index (χ0) is 16.5. The Morgan fingerprint density at radius 3 is 2.73 bits per heavy atom. The molecule has 0 saturated carbocycles. The summed E-state index contributed by atoms with van der Waals surface area (Å²) >= 11 is 0.874. The summed E-state index contributed by atoms with van der Waals surface area (Å²) in [5.74, 6) is -0.554. The molecule has 1 fully saturated rings. The molecule has 1 saturated heterocycles. The fourth-order valence-corrected chi connectivity index (χ4v) is 3.44. The number of amides is 2. The zero-order valence-electron chi connectivity index (χ0n) is 12.8. The van der Waals surface area contributed by atoms with E-state index in [1.54, 1.807) is 0 Å². The Hall–Kier alpha value is -1.50. The molecule has 0 aliphatic carbocycles. The van der Waals surface area contributed by atoms with Crippen molar-refractivity contribution in [3.8, 4) is 0 Å². The molecule has 0 radical (unpaired) electrons. The first-order valence-electron chi connectivity index (χ1n) is 7.16. The van der Waals surface area contributed by atoms with Gasteiger partial charge in [-0.15, -0.1) is 11.3 Å². The normalized spacial score (nSPS) is 22.5. The molecule has 2 amide bonds. The van der Waals surface area contributed by atoms with Gasteiger partial charge in [0.1, 0.15) is 0 Å². The van der Waals surface area contributed by atoms with Gasteiger partial charge in [0, 0.05) is 6.42 Å². The van der Waals surface area contributed by atoms with Gasteiger partial charge in [-0.3, -0.25) is 9.59 Å². The lowest BCUT2D eigenvalue weighted by Crippen LogP contribution is -2.60. The maximum atomic E-state index is 12.9. The fraction of sp³-hybridized carbons (Fsp3) is 0.600. The molecule has 0 aromatic carbocycles. The summed E-state index contributed by atoms with van der Waals surface area (Å²) in [7, 11) is 0. The Kier molecular flexibility index (Phi) is 4.84. The maximum Gasteiger partial charge on any atom is 0.273 e. The Bertz CT molecular complexity index is 566. The van der Waals surface area contributed by atoms with Crippen LogP contribution in [0, 0.1) is 5.41 Å². The molecule has 7 heteroatoms. The largest absolute Gasteiger partial charge is 0.351 e. The highest BCUT2D eigenvalue weighted by Crippen LogP contribution is 2.30. The smallest absolute Gasteiger partial charge is 0.273 e. The number of carbonyl (C=O) groups is 2. The second-order valence-corrected chi connectivity index (χ2v) is 7.48. The molecule has 4 nitrogen and oxygen atoms in total. The number of thiophene rings is 1. The molecule has 2 N–H and O–H groups in total. The van der Waals surface area contributed by atoms with E-state index in [2.05, 4.69) is 10.6 Å². The van der Waals surface area contributed by atoms with Crippen molar-refractivity contribution in [3.63, 3.8) is 0 Å². The third-order valence-electron chi connectivity index (χ3n) is 3.79. The van der Waals surface area contributed by atoms with Crippen molar-refractivity contribution in [3.05, 3.63) is 21.9 Å². The number of rotatable bonds is 3. The standard InChI is InChI=1S/C15H20F2N2O2S/c1-15(2,3)12-9(4-5-10(20)19-12)18-14(21)8-6-7-22-11(8)13(16)17/h6-7,9,12-13H,4-5H2,1-3H3,(H,18,21)(H,19,20)/t9-,12-/m1/s1. The topological polar surface area (TPSA) is 58.2 Å². The molecule has 0 bridgehead atoms. The van der Waals surface area contributed by atoms with Gasteiger partial charge in [0.05, 0.1) is 22.5 Å². The summed E-state index contributed by atoms with van der Waals surface area (Å²) in [5, 5.41) is 7.20. The van der Waals surface area contributed by atoms with Crippen LogP contribution in [0.5, 0.6) is 0 Å². The second-order valence-electron chi connectivity index (χ2n) is 6.53. The van der Waals surface area contributed by atoms with Gasteiger partial charge in [-0.2, -0.15) is 0 Å². The van der Waals surface area contributed by atoms with Crippen molar-refractivity contribution in [1.29, 1.82) is 0 Å². The molecular formula is C15H20F2N2O2S. The monoisotopic (exact) mass is 330 g/mol. The van der Waals surface area contributed by atoms with E-state index in [9.17, 15) is 18.4 Å². The SMILES string of the molecule is CC(C)(C)[C@@H]1NC(=O)CC[C@H]1NC(=O)c1ccsc1C(F)F. The molecule has 1 aromatic rings. The molecule has 0 unspecified atom stereocenters. The predicted molar refractivity (Wildman–Crippen MR) is 81.1 cm³/mol. The summed E-state index contributed by atoms with van der Waals surface area (Å²) in [6.45, 7) is 5.91. The molecule has 1 aliphatic heterocycles. The first kappa shape index (κ1) is 16.9. The van der Waals surface area contributed by atoms with Crippen LogP contribution in [0.15, 0.2) is 11.4 Å². The molecule has 1 aliphatic rings. The number of carbonyl (C=O) groups excluding carboxylic acids is 2. The number of halogens is 2. The molecule has 1 aromatic heterocycles. The molecule has 122 valence electrons. The lowest BCUT2D eigenvalue weighted by atomic mass is 9.78. The lowest BCUT2D eigenvalue weighted by Gasteiger charge is -2.41. The van der Waals surface area contributed by atoms with Crippen LogP contribution in [0.4, 0.5) is 8.78 Å². The van der Waals surface area contributed by atoms with Gasteiger partial charge >= 0.3 is 0 Å². The average Bonchev–Trinajstić information content (AvgIpc) is 2.89. The van der Waals surface area contributed by atoms with Crippen LogP contribution in [-0.4, -0.2) is 23.9 Å². The quantitative estimate of drug-likeness (QED) is 0.895. The predicted octanol–water partition coefficient (Wildman–Crippen LogP) is 3.11. The third-order valence-corrected chi connectivity index (χ3v) is 4.71. The molecule has 22 heavy (non-hydrogen) atoms. The van der Waals surface area contributed by atoms with Crippen LogP contribution in [-0.2, 0) is 4.79 Å². The molecular weight excluding hydrogens is 310 g/mol. The number of alkyl halides is 2.